The van der Waals surface area contributed by atoms with E-state index in [0.29, 0.717) is 0 Å². The zero-order valence-electron chi connectivity index (χ0n) is 10.8. The summed E-state index contributed by atoms with van der Waals surface area (Å²) in [6.45, 7) is 4.17. The molecule has 1 heterocycles. The molecule has 0 atom stereocenters. The minimum atomic E-state index is 0.855. The van der Waals surface area contributed by atoms with Crippen molar-refractivity contribution in [2.24, 2.45) is 0 Å². The number of ether oxygens (including phenoxy) is 1. The number of fused-ring (bicyclic) bond motifs is 1. The largest absolute Gasteiger partial charge is 0.497 e. The number of methoxy groups -OCH3 is 1. The topological polar surface area (TPSA) is 25.0 Å². The van der Waals surface area contributed by atoms with Crippen molar-refractivity contribution in [3.63, 3.8) is 0 Å². The number of para-hydroxylation sites is 1. The summed E-state index contributed by atoms with van der Waals surface area (Å²) in [5, 5.41) is 1.20. The molecule has 0 aliphatic carbocycles. The van der Waals surface area contributed by atoms with E-state index >= 15 is 0 Å². The summed E-state index contributed by atoms with van der Waals surface area (Å²) in [7, 11) is 1.67. The van der Waals surface area contributed by atoms with Crippen LogP contribution >= 0.6 is 0 Å². The van der Waals surface area contributed by atoms with Crippen molar-refractivity contribution in [1.29, 1.82) is 0 Å². The lowest BCUT2D eigenvalue weighted by molar-refractivity contribution is 0.415. The summed E-state index contributed by atoms with van der Waals surface area (Å²) < 4.78 is 5.17. The van der Waals surface area contributed by atoms with Crippen LogP contribution in [-0.4, -0.2) is 12.1 Å². The molecular formula is C17H15NO. The molecule has 1 N–H and O–H groups in total. The van der Waals surface area contributed by atoms with Crippen LogP contribution in [0.2, 0.25) is 0 Å². The maximum atomic E-state index is 5.17. The SMILES string of the molecule is C=C(c1ccc(OC)cc1)c1cc2ccccc2[nH]1. The second-order valence-corrected chi connectivity index (χ2v) is 4.48. The predicted molar refractivity (Wildman–Crippen MR) is 79.4 cm³/mol. The number of H-pyrrole nitrogens is 1. The van der Waals surface area contributed by atoms with Gasteiger partial charge in [0.1, 0.15) is 5.75 Å². The third-order valence-electron chi connectivity index (χ3n) is 3.29. The van der Waals surface area contributed by atoms with Gasteiger partial charge in [0.05, 0.1) is 7.11 Å². The van der Waals surface area contributed by atoms with E-state index in [0.717, 1.165) is 28.1 Å². The first-order chi connectivity index (χ1) is 9.28. The maximum Gasteiger partial charge on any atom is 0.118 e. The van der Waals surface area contributed by atoms with E-state index in [-0.39, 0.29) is 0 Å². The maximum absolute atomic E-state index is 5.17. The minimum Gasteiger partial charge on any atom is -0.497 e. The molecule has 2 nitrogen and oxygen atoms in total. The number of aromatic amines is 1. The highest BCUT2D eigenvalue weighted by Crippen LogP contribution is 2.26. The molecule has 0 fully saturated rings. The van der Waals surface area contributed by atoms with Crippen molar-refractivity contribution in [1.82, 2.24) is 4.98 Å². The summed E-state index contributed by atoms with van der Waals surface area (Å²) in [4.78, 5) is 3.39. The molecule has 2 aromatic carbocycles. The van der Waals surface area contributed by atoms with E-state index in [2.05, 4.69) is 29.8 Å². The van der Waals surface area contributed by atoms with Gasteiger partial charge < -0.3 is 9.72 Å². The lowest BCUT2D eigenvalue weighted by Gasteiger charge is -2.05. The summed E-state index contributed by atoms with van der Waals surface area (Å²) >= 11 is 0. The molecule has 19 heavy (non-hydrogen) atoms. The summed E-state index contributed by atoms with van der Waals surface area (Å²) in [6.07, 6.45) is 0. The Labute approximate surface area is 112 Å². The van der Waals surface area contributed by atoms with Gasteiger partial charge in [0.15, 0.2) is 0 Å². The third-order valence-corrected chi connectivity index (χ3v) is 3.29. The molecule has 2 heteroatoms. The summed E-state index contributed by atoms with van der Waals surface area (Å²) in [5.41, 5.74) is 4.25. The normalized spacial score (nSPS) is 10.6. The van der Waals surface area contributed by atoms with Gasteiger partial charge in [-0.1, -0.05) is 36.9 Å². The average Bonchev–Trinajstić information content (AvgIpc) is 2.90. The van der Waals surface area contributed by atoms with Crippen molar-refractivity contribution in [3.8, 4) is 5.75 Å². The zero-order chi connectivity index (χ0) is 13.2. The second-order valence-electron chi connectivity index (χ2n) is 4.48. The van der Waals surface area contributed by atoms with Crippen LogP contribution in [0.15, 0.2) is 61.2 Å². The van der Waals surface area contributed by atoms with Crippen LogP contribution in [0.1, 0.15) is 11.3 Å². The van der Waals surface area contributed by atoms with Gasteiger partial charge in [-0.05, 0) is 35.4 Å². The quantitative estimate of drug-likeness (QED) is 0.738. The van der Waals surface area contributed by atoms with Crippen molar-refractivity contribution in [2.45, 2.75) is 0 Å². The highest BCUT2D eigenvalue weighted by atomic mass is 16.5. The summed E-state index contributed by atoms with van der Waals surface area (Å²) in [6, 6.07) is 18.3. The Morgan fingerprint density at radius 2 is 1.79 bits per heavy atom. The van der Waals surface area contributed by atoms with Gasteiger partial charge in [-0.15, -0.1) is 0 Å². The molecule has 0 aliphatic heterocycles. The first-order valence-corrected chi connectivity index (χ1v) is 6.19. The second kappa shape index (κ2) is 4.65. The van der Waals surface area contributed by atoms with Crippen LogP contribution in [0.4, 0.5) is 0 Å². The highest BCUT2D eigenvalue weighted by Gasteiger charge is 2.06. The monoisotopic (exact) mass is 249 g/mol. The Kier molecular flexibility index (Phi) is 2.84. The Morgan fingerprint density at radius 1 is 1.05 bits per heavy atom. The molecular weight excluding hydrogens is 234 g/mol. The predicted octanol–water partition coefficient (Wildman–Crippen LogP) is 4.24. The van der Waals surface area contributed by atoms with Gasteiger partial charge in [0.25, 0.3) is 0 Å². The van der Waals surface area contributed by atoms with Crippen LogP contribution in [0, 0.1) is 0 Å². The zero-order valence-corrected chi connectivity index (χ0v) is 10.8. The smallest absolute Gasteiger partial charge is 0.118 e. The molecule has 3 rings (SSSR count). The molecule has 1 aromatic heterocycles. The van der Waals surface area contributed by atoms with Gasteiger partial charge in [0.2, 0.25) is 0 Å². The number of hydrogen-bond acceptors (Lipinski definition) is 1. The number of benzene rings is 2. The van der Waals surface area contributed by atoms with E-state index in [1.165, 1.54) is 5.39 Å². The standard InChI is InChI=1S/C17H15NO/c1-12(13-7-9-15(19-2)10-8-13)17-11-14-5-3-4-6-16(14)18-17/h3-11,18H,1H2,2H3. The number of nitrogens with one attached hydrogen (secondary N) is 1. The molecule has 3 aromatic rings. The van der Waals surface area contributed by atoms with Crippen LogP contribution in [-0.2, 0) is 0 Å². The Balaban J connectivity index is 1.98. The fourth-order valence-electron chi connectivity index (χ4n) is 2.18. The fourth-order valence-corrected chi connectivity index (χ4v) is 2.18. The van der Waals surface area contributed by atoms with Crippen molar-refractivity contribution < 1.29 is 4.74 Å². The van der Waals surface area contributed by atoms with Crippen LogP contribution in [0.25, 0.3) is 16.5 Å². The van der Waals surface area contributed by atoms with Crippen LogP contribution in [0.5, 0.6) is 5.75 Å². The van der Waals surface area contributed by atoms with Crippen molar-refractivity contribution >= 4 is 16.5 Å². The molecule has 94 valence electrons. The van der Waals surface area contributed by atoms with Gasteiger partial charge in [-0.2, -0.15) is 0 Å². The minimum absolute atomic E-state index is 0.855. The Hall–Kier alpha value is -2.48. The van der Waals surface area contributed by atoms with Gasteiger partial charge in [-0.25, -0.2) is 0 Å². The van der Waals surface area contributed by atoms with Crippen LogP contribution < -0.4 is 4.74 Å². The molecule has 0 saturated heterocycles. The molecule has 0 saturated carbocycles. The molecule has 0 bridgehead atoms. The molecule has 0 unspecified atom stereocenters. The van der Waals surface area contributed by atoms with E-state index in [1.807, 2.05) is 36.4 Å². The van der Waals surface area contributed by atoms with Gasteiger partial charge in [0, 0.05) is 16.6 Å². The van der Waals surface area contributed by atoms with Crippen LogP contribution in [0.3, 0.4) is 0 Å². The fraction of sp³-hybridized carbons (Fsp3) is 0.0588. The molecule has 0 spiro atoms. The first kappa shape index (κ1) is 11.6. The third kappa shape index (κ3) is 2.13. The Morgan fingerprint density at radius 3 is 2.47 bits per heavy atom. The van der Waals surface area contributed by atoms with Crippen molar-refractivity contribution in [2.75, 3.05) is 7.11 Å². The van der Waals surface area contributed by atoms with E-state index in [9.17, 15) is 0 Å². The lowest BCUT2D eigenvalue weighted by atomic mass is 10.0. The number of hydrogen-bond donors (Lipinski definition) is 1. The van der Waals surface area contributed by atoms with E-state index in [1.54, 1.807) is 7.11 Å². The van der Waals surface area contributed by atoms with E-state index < -0.39 is 0 Å². The average molecular weight is 249 g/mol. The first-order valence-electron chi connectivity index (χ1n) is 6.19. The Bertz CT molecular complexity index is 689. The van der Waals surface area contributed by atoms with E-state index in [4.69, 9.17) is 4.74 Å². The van der Waals surface area contributed by atoms with Gasteiger partial charge in [-0.3, -0.25) is 0 Å². The molecule has 0 radical (unpaired) electrons. The summed E-state index contributed by atoms with van der Waals surface area (Å²) in [5.74, 6) is 0.855. The highest BCUT2D eigenvalue weighted by molar-refractivity contribution is 5.87. The molecule has 0 aliphatic rings. The molecule has 0 amide bonds. The lowest BCUT2D eigenvalue weighted by Crippen LogP contribution is -1.87. The number of aromatic nitrogens is 1. The van der Waals surface area contributed by atoms with Gasteiger partial charge >= 0.3 is 0 Å². The number of rotatable bonds is 3. The van der Waals surface area contributed by atoms with Crippen molar-refractivity contribution in [3.05, 3.63) is 72.4 Å².